The zero-order valence-electron chi connectivity index (χ0n) is 10.2. The van der Waals surface area contributed by atoms with Crippen LogP contribution in [0.2, 0.25) is 0 Å². The van der Waals surface area contributed by atoms with Gasteiger partial charge in [0.15, 0.2) is 0 Å². The molecule has 2 aromatic rings. The van der Waals surface area contributed by atoms with Crippen molar-refractivity contribution in [3.63, 3.8) is 0 Å². The number of aromatic nitrogens is 2. The number of hydrogen-bond donors (Lipinski definition) is 1. The van der Waals surface area contributed by atoms with Gasteiger partial charge < -0.3 is 10.1 Å². The number of hydrogen-bond acceptors (Lipinski definition) is 5. The third-order valence-electron chi connectivity index (χ3n) is 2.50. The Morgan fingerprint density at radius 3 is 3.00 bits per heavy atom. The Morgan fingerprint density at radius 1 is 1.35 bits per heavy atom. The lowest BCUT2D eigenvalue weighted by Gasteiger charge is -2.07. The van der Waals surface area contributed by atoms with Crippen LogP contribution in [0.15, 0.2) is 11.4 Å². The Labute approximate surface area is 105 Å². The molecule has 0 unspecified atom stereocenters. The zero-order chi connectivity index (χ0) is 12.1. The average Bonchev–Trinajstić information content (AvgIpc) is 2.82. The fourth-order valence-corrected chi connectivity index (χ4v) is 2.33. The predicted molar refractivity (Wildman–Crippen MR) is 72.0 cm³/mol. The van der Waals surface area contributed by atoms with Crippen molar-refractivity contribution in [3.8, 4) is 5.88 Å². The van der Waals surface area contributed by atoms with Crippen LogP contribution in [-0.4, -0.2) is 23.6 Å². The molecule has 2 heterocycles. The van der Waals surface area contributed by atoms with Crippen LogP contribution in [0.4, 0.5) is 5.95 Å². The largest absolute Gasteiger partial charge is 0.477 e. The fraction of sp³-hybridized carbons (Fsp3) is 0.500. The standard InChI is InChI=1S/C12H17N3OS/c1-3-4-5-7-16-10-9-6-8-17-11(9)15-12(13-2)14-10/h6,8H,3-5,7H2,1-2H3,(H,13,14,15). The minimum absolute atomic E-state index is 0.616. The molecule has 0 aliphatic heterocycles. The van der Waals surface area contributed by atoms with Gasteiger partial charge in [-0.15, -0.1) is 11.3 Å². The number of rotatable bonds is 6. The van der Waals surface area contributed by atoms with Crippen molar-refractivity contribution in [2.75, 3.05) is 19.0 Å². The lowest BCUT2D eigenvalue weighted by molar-refractivity contribution is 0.299. The summed E-state index contributed by atoms with van der Waals surface area (Å²) in [6, 6.07) is 2.01. The Balaban J connectivity index is 2.16. The SMILES string of the molecule is CCCCCOc1nc(NC)nc2sccc12. The van der Waals surface area contributed by atoms with Crippen LogP contribution in [0, 0.1) is 0 Å². The summed E-state index contributed by atoms with van der Waals surface area (Å²) in [6.45, 7) is 2.90. The van der Waals surface area contributed by atoms with Crippen molar-refractivity contribution in [1.82, 2.24) is 9.97 Å². The maximum atomic E-state index is 5.74. The lowest BCUT2D eigenvalue weighted by atomic mass is 10.3. The highest BCUT2D eigenvalue weighted by Gasteiger charge is 2.08. The molecule has 0 aliphatic carbocycles. The monoisotopic (exact) mass is 251 g/mol. The van der Waals surface area contributed by atoms with Gasteiger partial charge in [0, 0.05) is 7.05 Å². The summed E-state index contributed by atoms with van der Waals surface area (Å²) >= 11 is 1.60. The maximum Gasteiger partial charge on any atom is 0.227 e. The van der Waals surface area contributed by atoms with Gasteiger partial charge in [0.25, 0.3) is 0 Å². The zero-order valence-corrected chi connectivity index (χ0v) is 11.0. The van der Waals surface area contributed by atoms with Crippen LogP contribution in [-0.2, 0) is 0 Å². The second-order valence-corrected chi connectivity index (χ2v) is 4.69. The summed E-state index contributed by atoms with van der Waals surface area (Å²) in [5.74, 6) is 1.31. The van der Waals surface area contributed by atoms with Crippen LogP contribution in [0.1, 0.15) is 26.2 Å². The van der Waals surface area contributed by atoms with E-state index < -0.39 is 0 Å². The summed E-state index contributed by atoms with van der Waals surface area (Å²) in [5.41, 5.74) is 0. The van der Waals surface area contributed by atoms with Gasteiger partial charge in [0.1, 0.15) is 4.83 Å². The Bertz CT molecular complexity index is 484. The van der Waals surface area contributed by atoms with E-state index in [1.807, 2.05) is 18.5 Å². The van der Waals surface area contributed by atoms with Gasteiger partial charge in [-0.25, -0.2) is 4.98 Å². The highest BCUT2D eigenvalue weighted by atomic mass is 32.1. The second kappa shape index (κ2) is 5.82. The summed E-state index contributed by atoms with van der Waals surface area (Å²) in [7, 11) is 1.82. The molecule has 0 aromatic carbocycles. The van der Waals surface area contributed by atoms with Crippen molar-refractivity contribution in [2.45, 2.75) is 26.2 Å². The molecule has 2 rings (SSSR count). The summed E-state index contributed by atoms with van der Waals surface area (Å²) < 4.78 is 5.74. The minimum atomic E-state index is 0.616. The van der Waals surface area contributed by atoms with E-state index >= 15 is 0 Å². The minimum Gasteiger partial charge on any atom is -0.477 e. The maximum absolute atomic E-state index is 5.74. The fourth-order valence-electron chi connectivity index (χ4n) is 1.57. The number of fused-ring (bicyclic) bond motifs is 1. The smallest absolute Gasteiger partial charge is 0.227 e. The Hall–Kier alpha value is -1.36. The van der Waals surface area contributed by atoms with Crippen LogP contribution < -0.4 is 10.1 Å². The van der Waals surface area contributed by atoms with Gasteiger partial charge >= 0.3 is 0 Å². The molecular formula is C12H17N3OS. The highest BCUT2D eigenvalue weighted by molar-refractivity contribution is 7.16. The third-order valence-corrected chi connectivity index (χ3v) is 3.31. The van der Waals surface area contributed by atoms with E-state index in [0.717, 1.165) is 23.2 Å². The number of thiophene rings is 1. The van der Waals surface area contributed by atoms with Crippen LogP contribution >= 0.6 is 11.3 Å². The molecule has 0 saturated carbocycles. The first kappa shape index (κ1) is 12.1. The van der Waals surface area contributed by atoms with Gasteiger partial charge in [-0.3, -0.25) is 0 Å². The third kappa shape index (κ3) is 2.85. The number of nitrogens with one attached hydrogen (secondary N) is 1. The molecule has 17 heavy (non-hydrogen) atoms. The first-order chi connectivity index (χ1) is 8.35. The molecule has 0 bridgehead atoms. The van der Waals surface area contributed by atoms with E-state index in [1.54, 1.807) is 11.3 Å². The quantitative estimate of drug-likeness (QED) is 0.800. The van der Waals surface area contributed by atoms with E-state index in [9.17, 15) is 0 Å². The summed E-state index contributed by atoms with van der Waals surface area (Å²) in [5, 5.41) is 5.97. The molecule has 0 atom stereocenters. The van der Waals surface area contributed by atoms with E-state index in [2.05, 4.69) is 22.2 Å². The molecular weight excluding hydrogens is 234 g/mol. The van der Waals surface area contributed by atoms with Gasteiger partial charge in [0.2, 0.25) is 11.8 Å². The topological polar surface area (TPSA) is 47.0 Å². The molecule has 2 aromatic heterocycles. The first-order valence-corrected chi connectivity index (χ1v) is 6.79. The van der Waals surface area contributed by atoms with Gasteiger partial charge in [-0.2, -0.15) is 4.98 Å². The van der Waals surface area contributed by atoms with Crippen molar-refractivity contribution in [3.05, 3.63) is 11.4 Å². The van der Waals surface area contributed by atoms with Crippen molar-refractivity contribution in [1.29, 1.82) is 0 Å². The van der Waals surface area contributed by atoms with Crippen LogP contribution in [0.5, 0.6) is 5.88 Å². The predicted octanol–water partition coefficient (Wildman–Crippen LogP) is 3.30. The molecule has 92 valence electrons. The van der Waals surface area contributed by atoms with Crippen LogP contribution in [0.3, 0.4) is 0 Å². The molecule has 0 radical (unpaired) electrons. The molecule has 5 heteroatoms. The molecule has 4 nitrogen and oxygen atoms in total. The van der Waals surface area contributed by atoms with Crippen molar-refractivity contribution < 1.29 is 4.74 Å². The number of ether oxygens (including phenoxy) is 1. The van der Waals surface area contributed by atoms with E-state index in [4.69, 9.17) is 4.74 Å². The molecule has 1 N–H and O–H groups in total. The average molecular weight is 251 g/mol. The molecule has 0 spiro atoms. The molecule has 0 amide bonds. The van der Waals surface area contributed by atoms with E-state index in [1.165, 1.54) is 12.8 Å². The van der Waals surface area contributed by atoms with Gasteiger partial charge in [-0.1, -0.05) is 19.8 Å². The second-order valence-electron chi connectivity index (χ2n) is 3.80. The van der Waals surface area contributed by atoms with Crippen molar-refractivity contribution in [2.24, 2.45) is 0 Å². The number of anilines is 1. The normalized spacial score (nSPS) is 10.7. The Kier molecular flexibility index (Phi) is 4.14. The lowest BCUT2D eigenvalue weighted by Crippen LogP contribution is -2.02. The van der Waals surface area contributed by atoms with Gasteiger partial charge in [0.05, 0.1) is 12.0 Å². The first-order valence-electron chi connectivity index (χ1n) is 5.91. The number of nitrogens with zero attached hydrogens (tertiary/aromatic N) is 2. The summed E-state index contributed by atoms with van der Waals surface area (Å²) in [4.78, 5) is 9.69. The van der Waals surface area contributed by atoms with E-state index in [0.29, 0.717) is 11.8 Å². The Morgan fingerprint density at radius 2 is 2.24 bits per heavy atom. The van der Waals surface area contributed by atoms with Gasteiger partial charge in [-0.05, 0) is 17.9 Å². The highest BCUT2D eigenvalue weighted by Crippen LogP contribution is 2.28. The molecule has 0 saturated heterocycles. The number of unbranched alkanes of at least 4 members (excludes halogenated alkanes) is 2. The van der Waals surface area contributed by atoms with Crippen molar-refractivity contribution >= 4 is 27.5 Å². The molecule has 0 fully saturated rings. The van der Waals surface area contributed by atoms with Crippen LogP contribution in [0.25, 0.3) is 10.2 Å². The van der Waals surface area contributed by atoms with E-state index in [-0.39, 0.29) is 0 Å². The summed E-state index contributed by atoms with van der Waals surface area (Å²) in [6.07, 6.45) is 3.46. The molecule has 0 aliphatic rings.